The molecule has 308 valence electrons. The number of rotatable bonds is 28. The third-order valence-electron chi connectivity index (χ3n) is 8.29. The molecule has 55 heavy (non-hydrogen) atoms. The second-order valence-corrected chi connectivity index (χ2v) is 13.6. The second kappa shape index (κ2) is 26.6. The second-order valence-electron chi connectivity index (χ2n) is 13.6. The van der Waals surface area contributed by atoms with Gasteiger partial charge in [-0.25, -0.2) is 4.79 Å². The average molecular weight is 778 g/mol. The van der Waals surface area contributed by atoms with Gasteiger partial charge in [0.05, 0.1) is 19.1 Å². The van der Waals surface area contributed by atoms with Gasteiger partial charge in [0.25, 0.3) is 0 Å². The van der Waals surface area contributed by atoms with Gasteiger partial charge in [0, 0.05) is 12.8 Å². The number of carboxylic acids is 2. The van der Waals surface area contributed by atoms with Gasteiger partial charge in [-0.15, -0.1) is 0 Å². The Balaban J connectivity index is 3.03. The summed E-state index contributed by atoms with van der Waals surface area (Å²) in [5, 5.41) is 33.4. The molecule has 1 aromatic rings. The zero-order valence-corrected chi connectivity index (χ0v) is 31.6. The topological polar surface area (TPSA) is 327 Å². The number of carbonyl (C=O) groups is 8. The highest BCUT2D eigenvalue weighted by atomic mass is 16.4. The minimum atomic E-state index is -1.23. The molecular weight excluding hydrogens is 718 g/mol. The summed E-state index contributed by atoms with van der Waals surface area (Å²) in [5.74, 6) is -6.80. The standard InChI is InChI=1S/C36H59N9O10/c1-22(2)18-27(34(52)41-20-29(46)42-26(36(54)55)13-7-9-17-38)45-35(53)28(19-23-10-4-3-5-11-23)43-30(47)21-40-33(51)25(12-6-8-16-37)44-32(50)24(39)14-15-31(48)49/h3-5,10-11,22,24-28H,6-9,12-21,37-39H2,1-2H3,(H,40,51)(H,41,52)(H,42,46)(H,43,47)(H,44,50)(H,45,53)(H,48,49)(H,54,55)/t24-,25-,26-,27-,28-/m0/s1. The largest absolute Gasteiger partial charge is 0.481 e. The first-order valence-corrected chi connectivity index (χ1v) is 18.5. The molecular formula is C36H59N9O10. The Bertz CT molecular complexity index is 1410. The molecule has 0 heterocycles. The number of hydrogen-bond acceptors (Lipinski definition) is 11. The third-order valence-corrected chi connectivity index (χ3v) is 8.29. The monoisotopic (exact) mass is 777 g/mol. The van der Waals surface area contributed by atoms with E-state index in [1.807, 2.05) is 13.8 Å². The molecule has 0 bridgehead atoms. The molecule has 0 radical (unpaired) electrons. The van der Waals surface area contributed by atoms with Crippen LogP contribution in [0.2, 0.25) is 0 Å². The molecule has 0 aliphatic rings. The van der Waals surface area contributed by atoms with Crippen molar-refractivity contribution in [3.8, 4) is 0 Å². The van der Waals surface area contributed by atoms with Crippen LogP contribution in [0, 0.1) is 5.92 Å². The van der Waals surface area contributed by atoms with Crippen molar-refractivity contribution in [3.05, 3.63) is 35.9 Å². The van der Waals surface area contributed by atoms with Gasteiger partial charge in [-0.3, -0.25) is 33.6 Å². The molecule has 5 atom stereocenters. The van der Waals surface area contributed by atoms with Gasteiger partial charge >= 0.3 is 11.9 Å². The number of benzene rings is 1. The van der Waals surface area contributed by atoms with Gasteiger partial charge in [0.2, 0.25) is 35.4 Å². The molecule has 0 aliphatic heterocycles. The van der Waals surface area contributed by atoms with Crippen molar-refractivity contribution in [2.24, 2.45) is 23.1 Å². The first-order chi connectivity index (χ1) is 26.1. The number of unbranched alkanes of at least 4 members (excludes halogenated alkanes) is 2. The van der Waals surface area contributed by atoms with Crippen LogP contribution in [-0.4, -0.2) is 114 Å². The number of carbonyl (C=O) groups excluding carboxylic acids is 6. The summed E-state index contributed by atoms with van der Waals surface area (Å²) in [7, 11) is 0. The summed E-state index contributed by atoms with van der Waals surface area (Å²) in [6, 6.07) is 2.94. The van der Waals surface area contributed by atoms with Gasteiger partial charge in [-0.2, -0.15) is 0 Å². The number of carboxylic acid groups (broad SMARTS) is 2. The van der Waals surface area contributed by atoms with Gasteiger partial charge in [0.1, 0.15) is 24.2 Å². The highest BCUT2D eigenvalue weighted by molar-refractivity contribution is 5.95. The lowest BCUT2D eigenvalue weighted by Crippen LogP contribution is -2.57. The molecule has 1 aromatic carbocycles. The zero-order valence-electron chi connectivity index (χ0n) is 31.6. The molecule has 19 heteroatoms. The number of hydrogen-bond donors (Lipinski definition) is 11. The van der Waals surface area contributed by atoms with Crippen molar-refractivity contribution in [3.63, 3.8) is 0 Å². The molecule has 0 saturated heterocycles. The first-order valence-electron chi connectivity index (χ1n) is 18.5. The van der Waals surface area contributed by atoms with E-state index < -0.39 is 90.7 Å². The Kier molecular flexibility index (Phi) is 23.2. The van der Waals surface area contributed by atoms with Crippen LogP contribution in [0.3, 0.4) is 0 Å². The quantitative estimate of drug-likeness (QED) is 0.0410. The predicted molar refractivity (Wildman–Crippen MR) is 202 cm³/mol. The van der Waals surface area contributed by atoms with Gasteiger partial charge in [-0.05, 0) is 75.9 Å². The fourth-order valence-electron chi connectivity index (χ4n) is 5.31. The van der Waals surface area contributed by atoms with Crippen LogP contribution in [0.1, 0.15) is 77.2 Å². The lowest BCUT2D eigenvalue weighted by molar-refractivity contribution is -0.142. The summed E-state index contributed by atoms with van der Waals surface area (Å²) in [6.45, 7) is 3.22. The Labute approximate surface area is 321 Å². The summed E-state index contributed by atoms with van der Waals surface area (Å²) in [4.78, 5) is 101. The van der Waals surface area contributed by atoms with E-state index in [0.29, 0.717) is 44.3 Å². The number of nitrogens with two attached hydrogens (primary N) is 3. The van der Waals surface area contributed by atoms with Crippen LogP contribution in [0.25, 0.3) is 0 Å². The highest BCUT2D eigenvalue weighted by Crippen LogP contribution is 2.09. The highest BCUT2D eigenvalue weighted by Gasteiger charge is 2.29. The Morgan fingerprint density at radius 1 is 0.618 bits per heavy atom. The van der Waals surface area contributed by atoms with E-state index in [1.54, 1.807) is 30.3 Å². The van der Waals surface area contributed by atoms with Crippen molar-refractivity contribution >= 4 is 47.4 Å². The summed E-state index contributed by atoms with van der Waals surface area (Å²) < 4.78 is 0. The maximum atomic E-state index is 13.7. The lowest BCUT2D eigenvalue weighted by atomic mass is 10.0. The molecule has 0 aromatic heterocycles. The number of nitrogens with one attached hydrogen (secondary N) is 6. The number of amides is 6. The molecule has 0 saturated carbocycles. The van der Waals surface area contributed by atoms with Gasteiger partial charge < -0.3 is 59.3 Å². The minimum absolute atomic E-state index is 0.0114. The van der Waals surface area contributed by atoms with Gasteiger partial charge in [0.15, 0.2) is 0 Å². The minimum Gasteiger partial charge on any atom is -0.481 e. The molecule has 0 unspecified atom stereocenters. The van der Waals surface area contributed by atoms with Gasteiger partial charge in [-0.1, -0.05) is 44.2 Å². The average Bonchev–Trinajstić information content (AvgIpc) is 3.13. The van der Waals surface area contributed by atoms with Crippen LogP contribution >= 0.6 is 0 Å². The third kappa shape index (κ3) is 20.8. The van der Waals surface area contributed by atoms with E-state index in [2.05, 4.69) is 31.9 Å². The maximum Gasteiger partial charge on any atom is 0.326 e. The SMILES string of the molecule is CC(C)C[C@H](NC(=O)[C@H](Cc1ccccc1)NC(=O)CNC(=O)[C@H](CCCCN)NC(=O)[C@@H](N)CCC(=O)O)C(=O)NCC(=O)N[C@@H](CCCCN)C(=O)O. The molecule has 1 rings (SSSR count). The fourth-order valence-corrected chi connectivity index (χ4v) is 5.31. The van der Waals surface area contributed by atoms with E-state index in [1.165, 1.54) is 0 Å². The summed E-state index contributed by atoms with van der Waals surface area (Å²) in [6.07, 6.45) is 2.07. The van der Waals surface area contributed by atoms with Crippen LogP contribution < -0.4 is 49.1 Å². The van der Waals surface area contributed by atoms with E-state index in [4.69, 9.17) is 22.3 Å². The summed E-state index contributed by atoms with van der Waals surface area (Å²) in [5.41, 5.74) is 17.5. The smallest absolute Gasteiger partial charge is 0.326 e. The van der Waals surface area contributed by atoms with E-state index in [9.17, 15) is 43.5 Å². The molecule has 0 fully saturated rings. The van der Waals surface area contributed by atoms with E-state index in [-0.39, 0.29) is 44.4 Å². The molecule has 19 nitrogen and oxygen atoms in total. The molecule has 14 N–H and O–H groups in total. The zero-order chi connectivity index (χ0) is 41.3. The fraction of sp³-hybridized carbons (Fsp3) is 0.611. The first kappa shape index (κ1) is 47.9. The molecule has 6 amide bonds. The van der Waals surface area contributed by atoms with Crippen LogP contribution in [0.4, 0.5) is 0 Å². The number of aliphatic carboxylic acids is 2. The Morgan fingerprint density at radius 3 is 1.64 bits per heavy atom. The summed E-state index contributed by atoms with van der Waals surface area (Å²) >= 11 is 0. The lowest BCUT2D eigenvalue weighted by Gasteiger charge is -2.25. The van der Waals surface area contributed by atoms with Crippen molar-refractivity contribution < 1.29 is 48.6 Å². The Morgan fingerprint density at radius 2 is 1.13 bits per heavy atom. The predicted octanol–water partition coefficient (Wildman–Crippen LogP) is -2.02. The van der Waals surface area contributed by atoms with E-state index in [0.717, 1.165) is 0 Å². The van der Waals surface area contributed by atoms with Crippen molar-refractivity contribution in [1.82, 2.24) is 31.9 Å². The molecule has 0 spiro atoms. The van der Waals surface area contributed by atoms with Crippen LogP contribution in [0.5, 0.6) is 0 Å². The van der Waals surface area contributed by atoms with Crippen molar-refractivity contribution in [2.75, 3.05) is 26.2 Å². The maximum absolute atomic E-state index is 13.7. The van der Waals surface area contributed by atoms with Crippen molar-refractivity contribution in [2.45, 2.75) is 108 Å². The van der Waals surface area contributed by atoms with Crippen LogP contribution in [-0.2, 0) is 44.8 Å². The normalized spacial score (nSPS) is 13.6. The van der Waals surface area contributed by atoms with E-state index >= 15 is 0 Å². The molecule has 0 aliphatic carbocycles. The van der Waals surface area contributed by atoms with Crippen molar-refractivity contribution in [1.29, 1.82) is 0 Å². The Hall–Kier alpha value is -5.14. The van der Waals surface area contributed by atoms with Crippen LogP contribution in [0.15, 0.2) is 30.3 Å².